The highest BCUT2D eigenvalue weighted by molar-refractivity contribution is 9.10. The number of aryl methyl sites for hydroxylation is 1. The average molecular weight is 493 g/mol. The van der Waals surface area contributed by atoms with Crippen molar-refractivity contribution >= 4 is 56.3 Å². The van der Waals surface area contributed by atoms with E-state index in [1.165, 1.54) is 7.11 Å². The number of carbonyl (C=O) groups excluding carboxylic acids is 2. The van der Waals surface area contributed by atoms with E-state index in [9.17, 15) is 14.7 Å². The summed E-state index contributed by atoms with van der Waals surface area (Å²) in [5.74, 6) is -0.243. The number of carbonyl (C=O) groups is 2. The van der Waals surface area contributed by atoms with Crippen molar-refractivity contribution in [3.05, 3.63) is 52.1 Å². The Kier molecular flexibility index (Phi) is 6.94. The second-order valence-corrected chi connectivity index (χ2v) is 8.20. The van der Waals surface area contributed by atoms with Crippen molar-refractivity contribution in [2.45, 2.75) is 17.6 Å². The molecule has 0 unspecified atom stereocenters. The molecule has 0 aliphatic carbocycles. The molecule has 30 heavy (non-hydrogen) atoms. The van der Waals surface area contributed by atoms with Gasteiger partial charge in [0.05, 0.1) is 35.0 Å². The third kappa shape index (κ3) is 4.27. The van der Waals surface area contributed by atoms with Gasteiger partial charge in [0.15, 0.2) is 5.75 Å². The third-order valence-corrected chi connectivity index (χ3v) is 6.18. The maximum Gasteiger partial charge on any atom is 0.411 e. The lowest BCUT2D eigenvalue weighted by Crippen LogP contribution is -2.13. The number of nitrogens with one attached hydrogen (secondary N) is 1. The first-order valence-electron chi connectivity index (χ1n) is 9.11. The third-order valence-electron chi connectivity index (χ3n) is 4.55. The number of aromatic nitrogens is 1. The van der Waals surface area contributed by atoms with E-state index in [0.29, 0.717) is 32.4 Å². The van der Waals surface area contributed by atoms with Gasteiger partial charge in [0.1, 0.15) is 0 Å². The number of benzene rings is 2. The van der Waals surface area contributed by atoms with Crippen molar-refractivity contribution in [3.63, 3.8) is 0 Å². The van der Waals surface area contributed by atoms with Gasteiger partial charge >= 0.3 is 12.1 Å². The molecule has 0 bridgehead atoms. The van der Waals surface area contributed by atoms with Crippen LogP contribution in [0.4, 0.5) is 10.5 Å². The highest BCUT2D eigenvalue weighted by atomic mass is 79.9. The van der Waals surface area contributed by atoms with E-state index >= 15 is 0 Å². The normalized spacial score (nSPS) is 10.8. The van der Waals surface area contributed by atoms with Crippen molar-refractivity contribution in [1.82, 2.24) is 4.57 Å². The lowest BCUT2D eigenvalue weighted by Gasteiger charge is -2.11. The van der Waals surface area contributed by atoms with Crippen LogP contribution in [-0.4, -0.2) is 35.5 Å². The van der Waals surface area contributed by atoms with Crippen molar-refractivity contribution in [1.29, 1.82) is 0 Å². The van der Waals surface area contributed by atoms with Crippen molar-refractivity contribution in [2.24, 2.45) is 7.05 Å². The molecule has 2 N–H and O–H groups in total. The number of nitrogens with zero attached hydrogens (tertiary/aromatic N) is 1. The molecule has 0 saturated carbocycles. The van der Waals surface area contributed by atoms with E-state index < -0.39 is 12.1 Å². The zero-order chi connectivity index (χ0) is 21.8. The van der Waals surface area contributed by atoms with Gasteiger partial charge in [0.25, 0.3) is 0 Å². The van der Waals surface area contributed by atoms with Crippen LogP contribution in [0.15, 0.2) is 45.8 Å². The predicted molar refractivity (Wildman–Crippen MR) is 120 cm³/mol. The van der Waals surface area contributed by atoms with Crippen LogP contribution in [0.2, 0.25) is 0 Å². The first-order valence-corrected chi connectivity index (χ1v) is 10.9. The summed E-state index contributed by atoms with van der Waals surface area (Å²) >= 11 is 4.88. The van der Waals surface area contributed by atoms with Gasteiger partial charge in [-0.2, -0.15) is 0 Å². The highest BCUT2D eigenvalue weighted by Crippen LogP contribution is 2.43. The molecule has 3 aromatic rings. The average Bonchev–Trinajstić information content (AvgIpc) is 3.02. The molecule has 3 rings (SSSR count). The molecule has 7 nitrogen and oxygen atoms in total. The van der Waals surface area contributed by atoms with E-state index in [-0.39, 0.29) is 18.0 Å². The number of phenols is 1. The highest BCUT2D eigenvalue weighted by Gasteiger charge is 2.28. The van der Waals surface area contributed by atoms with Crippen molar-refractivity contribution < 1.29 is 24.2 Å². The number of anilines is 1. The minimum atomic E-state index is -0.761. The summed E-state index contributed by atoms with van der Waals surface area (Å²) < 4.78 is 12.2. The molecule has 1 amide bonds. The molecule has 1 aromatic heterocycles. The molecule has 1 heterocycles. The second-order valence-electron chi connectivity index (χ2n) is 6.30. The Hall–Kier alpha value is -2.65. The Morgan fingerprint density at radius 3 is 2.60 bits per heavy atom. The molecule has 0 aliphatic rings. The predicted octanol–water partition coefficient (Wildman–Crippen LogP) is 5.29. The first kappa shape index (κ1) is 22.0. The number of phenolic OH excluding ortho intramolecular Hbond substituents is 1. The number of amides is 1. The number of aromatic hydroxyl groups is 1. The topological polar surface area (TPSA) is 89.8 Å². The zero-order valence-corrected chi connectivity index (χ0v) is 19.1. The molecular weight excluding hydrogens is 472 g/mol. The Balaban J connectivity index is 2.23. The van der Waals surface area contributed by atoms with E-state index in [1.807, 2.05) is 41.9 Å². The lowest BCUT2D eigenvalue weighted by atomic mass is 10.1. The summed E-state index contributed by atoms with van der Waals surface area (Å²) in [6.45, 7) is 1.92. The number of rotatable bonds is 6. The van der Waals surface area contributed by atoms with Crippen LogP contribution in [0.3, 0.4) is 0 Å². The fourth-order valence-corrected chi connectivity index (χ4v) is 4.54. The summed E-state index contributed by atoms with van der Waals surface area (Å²) in [6, 6.07) is 11.5. The monoisotopic (exact) mass is 492 g/mol. The van der Waals surface area contributed by atoms with Crippen LogP contribution in [0.25, 0.3) is 10.9 Å². The van der Waals surface area contributed by atoms with E-state index in [1.54, 1.807) is 24.8 Å². The molecule has 9 heteroatoms. The maximum atomic E-state index is 12.9. The fourth-order valence-electron chi connectivity index (χ4n) is 3.14. The van der Waals surface area contributed by atoms with E-state index in [2.05, 4.69) is 26.0 Å². The number of methoxy groups -OCH3 is 1. The SMILES string of the molecule is CCOC(=O)c1c(CSc2ccccc2)n(C)c2cc(Br)c(O)c(NC(=O)OC)c12. The molecular formula is C21H21BrN2O5S. The van der Waals surface area contributed by atoms with Crippen molar-refractivity contribution in [2.75, 3.05) is 19.0 Å². The van der Waals surface area contributed by atoms with Gasteiger partial charge in [-0.3, -0.25) is 5.32 Å². The summed E-state index contributed by atoms with van der Waals surface area (Å²) in [5, 5.41) is 13.5. The first-order chi connectivity index (χ1) is 14.4. The molecule has 158 valence electrons. The van der Waals surface area contributed by atoms with Crippen LogP contribution in [0.5, 0.6) is 5.75 Å². The number of thioether (sulfide) groups is 1. The van der Waals surface area contributed by atoms with E-state index in [0.717, 1.165) is 4.90 Å². The van der Waals surface area contributed by atoms with Crippen LogP contribution < -0.4 is 5.32 Å². The van der Waals surface area contributed by atoms with Gasteiger partial charge in [-0.05, 0) is 41.1 Å². The van der Waals surface area contributed by atoms with Crippen LogP contribution in [0, 0.1) is 0 Å². The quantitative estimate of drug-likeness (QED) is 0.276. The van der Waals surface area contributed by atoms with Gasteiger partial charge in [-0.1, -0.05) is 18.2 Å². The van der Waals surface area contributed by atoms with Crippen molar-refractivity contribution in [3.8, 4) is 5.75 Å². The molecule has 0 atom stereocenters. The van der Waals surface area contributed by atoms with E-state index in [4.69, 9.17) is 4.74 Å². The number of hydrogen-bond acceptors (Lipinski definition) is 6. The Bertz CT molecular complexity index is 1100. The standard InChI is InChI=1S/C21H21BrN2O5S/c1-4-29-20(26)17-15(11-30-12-8-6-5-7-9-12)24(2)14-10-13(22)19(25)18(16(14)17)23-21(27)28-3/h5-10,25H,4,11H2,1-3H3,(H,23,27). The maximum absolute atomic E-state index is 12.9. The summed E-state index contributed by atoms with van der Waals surface area (Å²) in [6.07, 6.45) is -0.761. The van der Waals surface area contributed by atoms with Gasteiger partial charge in [0.2, 0.25) is 0 Å². The van der Waals surface area contributed by atoms with Crippen LogP contribution >= 0.6 is 27.7 Å². The number of hydrogen-bond donors (Lipinski definition) is 2. The minimum Gasteiger partial charge on any atom is -0.505 e. The largest absolute Gasteiger partial charge is 0.505 e. The number of halogens is 1. The summed E-state index contributed by atoms with van der Waals surface area (Å²) in [5.41, 5.74) is 1.74. The number of esters is 1. The van der Waals surface area contributed by atoms with Gasteiger partial charge in [-0.25, -0.2) is 9.59 Å². The molecule has 0 spiro atoms. The lowest BCUT2D eigenvalue weighted by molar-refractivity contribution is 0.0527. The fraction of sp³-hybridized carbons (Fsp3) is 0.238. The molecule has 2 aromatic carbocycles. The smallest absolute Gasteiger partial charge is 0.411 e. The van der Waals surface area contributed by atoms with Crippen LogP contribution in [0.1, 0.15) is 23.0 Å². The minimum absolute atomic E-state index is 0.0841. The number of ether oxygens (including phenoxy) is 2. The van der Waals surface area contributed by atoms with Gasteiger partial charge < -0.3 is 19.1 Å². The van der Waals surface area contributed by atoms with Crippen LogP contribution in [-0.2, 0) is 22.3 Å². The molecule has 0 fully saturated rings. The summed E-state index contributed by atoms with van der Waals surface area (Å²) in [7, 11) is 3.05. The number of fused-ring (bicyclic) bond motifs is 1. The molecule has 0 aliphatic heterocycles. The van der Waals surface area contributed by atoms with Gasteiger partial charge in [-0.15, -0.1) is 11.8 Å². The van der Waals surface area contributed by atoms with Gasteiger partial charge in [0, 0.05) is 28.8 Å². The Morgan fingerprint density at radius 1 is 1.27 bits per heavy atom. The summed E-state index contributed by atoms with van der Waals surface area (Å²) in [4.78, 5) is 25.9. The molecule has 0 radical (unpaired) electrons. The zero-order valence-electron chi connectivity index (χ0n) is 16.7. The molecule has 0 saturated heterocycles. The Labute approximate surface area is 186 Å². The second kappa shape index (κ2) is 9.44. The Morgan fingerprint density at radius 2 is 1.97 bits per heavy atom.